The van der Waals surface area contributed by atoms with Crippen LogP contribution in [0.1, 0.15) is 5.56 Å². The van der Waals surface area contributed by atoms with Crippen LogP contribution in [0.5, 0.6) is 5.75 Å². The number of halogens is 5. The molecule has 0 atom stereocenters. The Morgan fingerprint density at radius 1 is 1.04 bits per heavy atom. The zero-order valence-corrected chi connectivity index (χ0v) is 12.9. The lowest BCUT2D eigenvalue weighted by Crippen LogP contribution is -2.19. The van der Waals surface area contributed by atoms with Gasteiger partial charge in [-0.25, -0.2) is 0 Å². The number of ether oxygens (including phenoxy) is 1. The van der Waals surface area contributed by atoms with E-state index < -0.39 is 17.5 Å². The first kappa shape index (κ1) is 17.2. The molecule has 0 saturated heterocycles. The Balaban J connectivity index is 2.57. The van der Waals surface area contributed by atoms with Crippen LogP contribution in [-0.4, -0.2) is 6.18 Å². The molecule has 0 heterocycles. The third-order valence-corrected chi connectivity index (χ3v) is 3.30. The fourth-order valence-corrected chi connectivity index (χ4v) is 2.22. The number of allylic oxidation sites excluding steroid dienone is 2. The minimum atomic E-state index is -4.87. The average Bonchev–Trinajstić information content (AvgIpc) is 2.49. The number of hydrogen-bond acceptors (Lipinski definition) is 2. The fraction of sp³-hybridized carbons (Fsp3) is 0.0625. The molecule has 0 radical (unpaired) electrons. The van der Waals surface area contributed by atoms with E-state index in [0.29, 0.717) is 0 Å². The molecule has 0 bridgehead atoms. The number of alkyl halides is 3. The van der Waals surface area contributed by atoms with Gasteiger partial charge in [0.25, 0.3) is 0 Å². The van der Waals surface area contributed by atoms with Crippen LogP contribution in [0.4, 0.5) is 13.2 Å². The summed E-state index contributed by atoms with van der Waals surface area (Å²) in [6.07, 6.45) is -4.87. The van der Waals surface area contributed by atoms with Crippen LogP contribution in [0.3, 0.4) is 0 Å². The summed E-state index contributed by atoms with van der Waals surface area (Å²) < 4.78 is 44.9. The predicted octanol–water partition coefficient (Wildman–Crippen LogP) is 5.87. The van der Waals surface area contributed by atoms with E-state index in [1.807, 2.05) is 0 Å². The number of nitrogens with zero attached hydrogens (tertiary/aromatic N) is 1. The minimum absolute atomic E-state index is 0.0902. The molecule has 7 heteroatoms. The van der Waals surface area contributed by atoms with Crippen molar-refractivity contribution in [2.75, 3.05) is 0 Å². The van der Waals surface area contributed by atoms with Crippen LogP contribution < -0.4 is 4.74 Å². The van der Waals surface area contributed by atoms with Gasteiger partial charge < -0.3 is 4.74 Å². The van der Waals surface area contributed by atoms with Gasteiger partial charge in [0.15, 0.2) is 0 Å². The molecule has 0 unspecified atom stereocenters. The molecule has 0 saturated carbocycles. The lowest BCUT2D eigenvalue weighted by molar-refractivity contribution is -0.115. The molecule has 0 N–H and O–H groups in total. The van der Waals surface area contributed by atoms with Crippen molar-refractivity contribution < 1.29 is 17.9 Å². The van der Waals surface area contributed by atoms with Gasteiger partial charge in [-0.2, -0.15) is 18.4 Å². The molecule has 2 rings (SSSR count). The second-order valence-corrected chi connectivity index (χ2v) is 5.20. The molecule has 0 aliphatic rings. The largest absolute Gasteiger partial charge is 0.450 e. The lowest BCUT2D eigenvalue weighted by atomic mass is 10.1. The Bertz CT molecular complexity index is 780. The molecule has 2 aromatic rings. The number of nitriles is 1. The summed E-state index contributed by atoms with van der Waals surface area (Å²) in [5, 5.41) is 9.32. The van der Waals surface area contributed by atoms with Crippen molar-refractivity contribution in [3.63, 3.8) is 0 Å². The summed E-state index contributed by atoms with van der Waals surface area (Å²) in [6, 6.07) is 12.8. The van der Waals surface area contributed by atoms with Crippen molar-refractivity contribution >= 4 is 28.8 Å². The highest BCUT2D eigenvalue weighted by Gasteiger charge is 2.40. The van der Waals surface area contributed by atoms with Crippen LogP contribution in [0.2, 0.25) is 10.0 Å². The van der Waals surface area contributed by atoms with Gasteiger partial charge in [0.05, 0.1) is 5.02 Å². The first-order valence-corrected chi connectivity index (χ1v) is 6.98. The van der Waals surface area contributed by atoms with Crippen molar-refractivity contribution in [2.45, 2.75) is 6.18 Å². The lowest BCUT2D eigenvalue weighted by Gasteiger charge is -2.16. The molecular formula is C16H8Cl2F3NO. The Morgan fingerprint density at radius 3 is 2.22 bits per heavy atom. The van der Waals surface area contributed by atoms with Crippen LogP contribution in [0, 0.1) is 11.3 Å². The van der Waals surface area contributed by atoms with Gasteiger partial charge in [-0.3, -0.25) is 0 Å². The van der Waals surface area contributed by atoms with Gasteiger partial charge in [0.1, 0.15) is 17.4 Å². The highest BCUT2D eigenvalue weighted by Crippen LogP contribution is 2.37. The normalized spacial score (nSPS) is 12.3. The molecule has 0 aliphatic heterocycles. The Morgan fingerprint density at radius 2 is 1.70 bits per heavy atom. The third-order valence-electron chi connectivity index (χ3n) is 2.76. The van der Waals surface area contributed by atoms with Crippen molar-refractivity contribution in [3.05, 3.63) is 69.9 Å². The molecular weight excluding hydrogens is 350 g/mol. The van der Waals surface area contributed by atoms with Gasteiger partial charge >= 0.3 is 6.18 Å². The summed E-state index contributed by atoms with van der Waals surface area (Å²) in [6.45, 7) is 0. The van der Waals surface area contributed by atoms with E-state index in [4.69, 9.17) is 33.2 Å². The molecule has 0 spiro atoms. The van der Waals surface area contributed by atoms with E-state index in [0.717, 1.165) is 0 Å². The van der Waals surface area contributed by atoms with E-state index in [1.165, 1.54) is 42.5 Å². The van der Waals surface area contributed by atoms with Gasteiger partial charge in [-0.1, -0.05) is 53.5 Å². The van der Waals surface area contributed by atoms with Gasteiger partial charge in [-0.15, -0.1) is 0 Å². The first-order valence-electron chi connectivity index (χ1n) is 6.23. The minimum Gasteiger partial charge on any atom is -0.449 e. The van der Waals surface area contributed by atoms with Gasteiger partial charge in [-0.05, 0) is 23.8 Å². The highest BCUT2D eigenvalue weighted by atomic mass is 35.5. The van der Waals surface area contributed by atoms with E-state index >= 15 is 0 Å². The molecule has 2 nitrogen and oxygen atoms in total. The molecule has 0 aromatic heterocycles. The van der Waals surface area contributed by atoms with Crippen molar-refractivity contribution in [3.8, 4) is 11.8 Å². The number of rotatable bonds is 3. The monoisotopic (exact) mass is 357 g/mol. The smallest absolute Gasteiger partial charge is 0.449 e. The molecule has 0 fully saturated rings. The Kier molecular flexibility index (Phi) is 5.19. The van der Waals surface area contributed by atoms with Crippen molar-refractivity contribution in [2.24, 2.45) is 0 Å². The van der Waals surface area contributed by atoms with Crippen LogP contribution in [0.15, 0.2) is 54.3 Å². The highest BCUT2D eigenvalue weighted by molar-refractivity contribution is 6.35. The summed E-state index contributed by atoms with van der Waals surface area (Å²) in [4.78, 5) is 0. The standard InChI is InChI=1S/C16H8Cl2F3NO/c17-11-6-7-14(13(18)8-11)23-15(16(19,20)21)12(9-22)10-4-2-1-3-5-10/h1-8H. The Labute approximate surface area is 140 Å². The SMILES string of the molecule is N#CC(=C(Oc1ccc(Cl)cc1Cl)C(F)(F)F)c1ccccc1. The topological polar surface area (TPSA) is 33.0 Å². The molecule has 0 aliphatic carbocycles. The third kappa shape index (κ3) is 4.19. The molecule has 0 amide bonds. The second kappa shape index (κ2) is 6.95. The van der Waals surface area contributed by atoms with Gasteiger partial charge in [0, 0.05) is 5.02 Å². The summed E-state index contributed by atoms with van der Waals surface area (Å²) in [5.41, 5.74) is -0.545. The van der Waals surface area contributed by atoms with Crippen LogP contribution in [-0.2, 0) is 0 Å². The second-order valence-electron chi connectivity index (χ2n) is 4.36. The quantitative estimate of drug-likeness (QED) is 0.508. The maximum atomic E-state index is 13.3. The summed E-state index contributed by atoms with van der Waals surface area (Å²) in [7, 11) is 0. The predicted molar refractivity (Wildman–Crippen MR) is 82.1 cm³/mol. The first-order chi connectivity index (χ1) is 10.8. The van der Waals surface area contributed by atoms with Crippen LogP contribution in [0.25, 0.3) is 5.57 Å². The summed E-state index contributed by atoms with van der Waals surface area (Å²) >= 11 is 11.5. The van der Waals surface area contributed by atoms with Crippen molar-refractivity contribution in [1.82, 2.24) is 0 Å². The number of benzene rings is 2. The molecule has 118 valence electrons. The molecule has 2 aromatic carbocycles. The van der Waals surface area contributed by atoms with Crippen LogP contribution >= 0.6 is 23.2 Å². The van der Waals surface area contributed by atoms with Gasteiger partial charge in [0.2, 0.25) is 5.76 Å². The maximum absolute atomic E-state index is 13.3. The molecule has 23 heavy (non-hydrogen) atoms. The summed E-state index contributed by atoms with van der Waals surface area (Å²) in [5.74, 6) is -1.68. The average molecular weight is 358 g/mol. The van der Waals surface area contributed by atoms with E-state index in [2.05, 4.69) is 0 Å². The van der Waals surface area contributed by atoms with E-state index in [-0.39, 0.29) is 21.4 Å². The van der Waals surface area contributed by atoms with Crippen molar-refractivity contribution in [1.29, 1.82) is 5.26 Å². The zero-order valence-electron chi connectivity index (χ0n) is 11.4. The fourth-order valence-electron chi connectivity index (χ4n) is 1.77. The Hall–Kier alpha value is -2.16. The zero-order chi connectivity index (χ0) is 17.0. The maximum Gasteiger partial charge on any atom is 0.450 e. The number of hydrogen-bond donors (Lipinski definition) is 0. The van der Waals surface area contributed by atoms with E-state index in [1.54, 1.807) is 12.1 Å². The van der Waals surface area contributed by atoms with E-state index in [9.17, 15) is 13.2 Å².